The monoisotopic (exact) mass is 511 g/mol. The van der Waals surface area contributed by atoms with Crippen molar-refractivity contribution < 1.29 is 23.5 Å². The molecule has 0 bridgehead atoms. The average molecular weight is 512 g/mol. The van der Waals surface area contributed by atoms with Gasteiger partial charge in [-0.3, -0.25) is 9.69 Å². The Morgan fingerprint density at radius 2 is 1.94 bits per heavy atom. The van der Waals surface area contributed by atoms with Crippen LogP contribution in [0.2, 0.25) is 5.02 Å². The molecule has 3 aromatic rings. The van der Waals surface area contributed by atoms with Gasteiger partial charge in [-0.05, 0) is 69.7 Å². The molecule has 9 heteroatoms. The Morgan fingerprint density at radius 3 is 2.61 bits per heavy atom. The molecule has 0 saturated carbocycles. The van der Waals surface area contributed by atoms with E-state index in [2.05, 4.69) is 10.3 Å². The SMILES string of the molecule is CC(=O)C(C)(C)COc1ccc(-c2ccc3c(c2)O[C@H](C)CN3C(=O)Nc2ccc(Cl)cc2F)cn1. The molecule has 7 nitrogen and oxygen atoms in total. The van der Waals surface area contributed by atoms with Crippen molar-refractivity contribution >= 4 is 34.8 Å². The molecule has 0 aliphatic carbocycles. The number of nitrogens with one attached hydrogen (secondary N) is 1. The number of ether oxygens (including phenoxy) is 2. The Kier molecular flexibility index (Phi) is 7.17. The number of carbonyl (C=O) groups is 2. The normalized spacial score (nSPS) is 15.1. The van der Waals surface area contributed by atoms with Gasteiger partial charge in [0.05, 0.1) is 23.3 Å². The quantitative estimate of drug-likeness (QED) is 0.417. The number of carbonyl (C=O) groups excluding carboxylic acids is 2. The first-order chi connectivity index (χ1) is 17.0. The van der Waals surface area contributed by atoms with Crippen molar-refractivity contribution in [2.75, 3.05) is 23.4 Å². The van der Waals surface area contributed by atoms with Gasteiger partial charge >= 0.3 is 6.03 Å². The molecule has 188 valence electrons. The Bertz CT molecular complexity index is 1300. The molecule has 0 radical (unpaired) electrons. The Labute approximate surface area is 214 Å². The summed E-state index contributed by atoms with van der Waals surface area (Å²) in [6.07, 6.45) is 1.41. The Morgan fingerprint density at radius 1 is 1.19 bits per heavy atom. The van der Waals surface area contributed by atoms with Gasteiger partial charge in [0.25, 0.3) is 0 Å². The molecule has 0 unspecified atom stereocenters. The first-order valence-electron chi connectivity index (χ1n) is 11.5. The summed E-state index contributed by atoms with van der Waals surface area (Å²) in [6.45, 7) is 7.59. The van der Waals surface area contributed by atoms with Gasteiger partial charge in [-0.2, -0.15) is 0 Å². The zero-order chi connectivity index (χ0) is 26.0. The van der Waals surface area contributed by atoms with Gasteiger partial charge < -0.3 is 14.8 Å². The van der Waals surface area contributed by atoms with Crippen LogP contribution in [0.5, 0.6) is 11.6 Å². The highest BCUT2D eigenvalue weighted by Gasteiger charge is 2.29. The van der Waals surface area contributed by atoms with Crippen LogP contribution < -0.4 is 19.7 Å². The zero-order valence-corrected chi connectivity index (χ0v) is 21.2. The number of pyridine rings is 1. The molecule has 1 aromatic heterocycles. The minimum atomic E-state index is -0.613. The molecular weight excluding hydrogens is 485 g/mol. The maximum Gasteiger partial charge on any atom is 0.326 e. The number of urea groups is 1. The second-order valence-corrected chi connectivity index (χ2v) is 9.83. The topological polar surface area (TPSA) is 80.8 Å². The molecule has 1 aliphatic rings. The number of aromatic nitrogens is 1. The van der Waals surface area contributed by atoms with E-state index in [0.29, 0.717) is 23.9 Å². The van der Waals surface area contributed by atoms with Crippen LogP contribution in [-0.4, -0.2) is 36.1 Å². The molecule has 1 atom stereocenters. The van der Waals surface area contributed by atoms with E-state index in [9.17, 15) is 14.0 Å². The fourth-order valence-corrected chi connectivity index (χ4v) is 3.74. The number of halogens is 2. The summed E-state index contributed by atoms with van der Waals surface area (Å²) in [4.78, 5) is 30.6. The van der Waals surface area contributed by atoms with E-state index in [-0.39, 0.29) is 29.2 Å². The number of ketones is 1. The fourth-order valence-electron chi connectivity index (χ4n) is 3.58. The molecule has 4 rings (SSSR count). The number of anilines is 2. The molecular formula is C27H27ClFN3O4. The number of rotatable bonds is 6. The van der Waals surface area contributed by atoms with Crippen molar-refractivity contribution in [3.63, 3.8) is 0 Å². The summed E-state index contributed by atoms with van der Waals surface area (Å²) in [7, 11) is 0. The molecule has 0 saturated heterocycles. The minimum absolute atomic E-state index is 0.0433. The highest BCUT2D eigenvalue weighted by Crippen LogP contribution is 2.37. The summed E-state index contributed by atoms with van der Waals surface area (Å²) in [5.74, 6) is 0.385. The van der Waals surface area contributed by atoms with Crippen LogP contribution in [0.15, 0.2) is 54.7 Å². The van der Waals surface area contributed by atoms with E-state index in [4.69, 9.17) is 21.1 Å². The fraction of sp³-hybridized carbons (Fsp3) is 0.296. The first-order valence-corrected chi connectivity index (χ1v) is 11.9. The van der Waals surface area contributed by atoms with E-state index in [1.807, 2.05) is 39.0 Å². The van der Waals surface area contributed by atoms with E-state index >= 15 is 0 Å². The smallest absolute Gasteiger partial charge is 0.326 e. The predicted molar refractivity (Wildman–Crippen MR) is 137 cm³/mol. The van der Waals surface area contributed by atoms with Crippen LogP contribution in [0.4, 0.5) is 20.6 Å². The molecule has 2 amide bonds. The number of Topliss-reactive ketones (excluding diaryl/α,β-unsaturated/α-hetero) is 1. The summed E-state index contributed by atoms with van der Waals surface area (Å²) >= 11 is 5.80. The van der Waals surface area contributed by atoms with Gasteiger partial charge in [-0.15, -0.1) is 0 Å². The van der Waals surface area contributed by atoms with Crippen LogP contribution in [-0.2, 0) is 4.79 Å². The highest BCUT2D eigenvalue weighted by molar-refractivity contribution is 6.30. The van der Waals surface area contributed by atoms with Crippen molar-refractivity contribution in [1.29, 1.82) is 0 Å². The molecule has 0 fully saturated rings. The van der Waals surface area contributed by atoms with Gasteiger partial charge in [0.2, 0.25) is 5.88 Å². The van der Waals surface area contributed by atoms with E-state index in [1.165, 1.54) is 17.0 Å². The van der Waals surface area contributed by atoms with E-state index < -0.39 is 17.3 Å². The van der Waals surface area contributed by atoms with E-state index in [1.54, 1.807) is 25.3 Å². The van der Waals surface area contributed by atoms with Gasteiger partial charge in [-0.1, -0.05) is 17.7 Å². The summed E-state index contributed by atoms with van der Waals surface area (Å²) in [6, 6.07) is 12.7. The number of fused-ring (bicyclic) bond motifs is 1. The maximum absolute atomic E-state index is 14.2. The van der Waals surface area contributed by atoms with Gasteiger partial charge in [0.15, 0.2) is 0 Å². The van der Waals surface area contributed by atoms with Crippen LogP contribution in [0.1, 0.15) is 27.7 Å². The van der Waals surface area contributed by atoms with Crippen molar-refractivity contribution in [2.45, 2.75) is 33.8 Å². The number of nitrogens with zero attached hydrogens (tertiary/aromatic N) is 2. The number of amides is 2. The first kappa shape index (κ1) is 25.4. The van der Waals surface area contributed by atoms with Crippen molar-refractivity contribution in [3.8, 4) is 22.8 Å². The summed E-state index contributed by atoms with van der Waals surface area (Å²) < 4.78 is 25.9. The van der Waals surface area contributed by atoms with Crippen LogP contribution in [0, 0.1) is 11.2 Å². The number of hydrogen-bond donors (Lipinski definition) is 1. The molecule has 36 heavy (non-hydrogen) atoms. The third kappa shape index (κ3) is 5.60. The molecule has 2 heterocycles. The lowest BCUT2D eigenvalue weighted by Gasteiger charge is -2.33. The predicted octanol–water partition coefficient (Wildman–Crippen LogP) is 6.35. The Hall–Kier alpha value is -3.65. The molecule has 0 spiro atoms. The van der Waals surface area contributed by atoms with Crippen LogP contribution in [0.3, 0.4) is 0 Å². The zero-order valence-electron chi connectivity index (χ0n) is 20.5. The van der Waals surface area contributed by atoms with Gasteiger partial charge in [0, 0.05) is 22.8 Å². The number of hydrogen-bond acceptors (Lipinski definition) is 5. The van der Waals surface area contributed by atoms with Crippen molar-refractivity contribution in [3.05, 3.63) is 65.6 Å². The summed E-state index contributed by atoms with van der Waals surface area (Å²) in [5, 5.41) is 2.85. The highest BCUT2D eigenvalue weighted by atomic mass is 35.5. The van der Waals surface area contributed by atoms with Crippen molar-refractivity contribution in [2.24, 2.45) is 5.41 Å². The van der Waals surface area contributed by atoms with Crippen LogP contribution >= 0.6 is 11.6 Å². The third-order valence-corrected chi connectivity index (χ3v) is 6.28. The molecule has 1 aliphatic heterocycles. The van der Waals surface area contributed by atoms with Gasteiger partial charge in [0.1, 0.15) is 30.1 Å². The molecule has 1 N–H and O–H groups in total. The Balaban J connectivity index is 1.52. The van der Waals surface area contributed by atoms with Crippen molar-refractivity contribution in [1.82, 2.24) is 4.98 Å². The van der Waals surface area contributed by atoms with Crippen LogP contribution in [0.25, 0.3) is 11.1 Å². The lowest BCUT2D eigenvalue weighted by Crippen LogP contribution is -2.44. The average Bonchev–Trinajstić information content (AvgIpc) is 2.83. The molecule has 2 aromatic carbocycles. The second kappa shape index (κ2) is 10.1. The largest absolute Gasteiger partial charge is 0.487 e. The standard InChI is InChI=1S/C27H27ClFN3O4/c1-16-14-32(26(34)31-22-8-7-20(28)12-21(22)29)23-9-5-18(11-24(23)36-16)19-6-10-25(30-13-19)35-15-27(3,4)17(2)33/h5-13,16H,14-15H2,1-4H3,(H,31,34)/t16-/m1/s1. The third-order valence-electron chi connectivity index (χ3n) is 6.04. The maximum atomic E-state index is 14.2. The number of benzene rings is 2. The summed E-state index contributed by atoms with van der Waals surface area (Å²) in [5.41, 5.74) is 1.70. The van der Waals surface area contributed by atoms with Gasteiger partial charge in [-0.25, -0.2) is 14.2 Å². The second-order valence-electron chi connectivity index (χ2n) is 9.39. The lowest BCUT2D eigenvalue weighted by atomic mass is 9.90. The van der Waals surface area contributed by atoms with E-state index in [0.717, 1.165) is 17.2 Å². The minimum Gasteiger partial charge on any atom is -0.487 e. The lowest BCUT2D eigenvalue weighted by molar-refractivity contribution is -0.126.